The Morgan fingerprint density at radius 1 is 1.05 bits per heavy atom. The molecule has 1 heterocycles. The predicted octanol–water partition coefficient (Wildman–Crippen LogP) is 7.79. The highest BCUT2D eigenvalue weighted by molar-refractivity contribution is 8.00. The molecule has 1 atom stereocenters. The summed E-state index contributed by atoms with van der Waals surface area (Å²) in [5, 5.41) is 19.4. The van der Waals surface area contributed by atoms with Gasteiger partial charge in [-0.25, -0.2) is 4.98 Å². The molecule has 0 fully saturated rings. The Bertz CT molecular complexity index is 1510. The van der Waals surface area contributed by atoms with Crippen LogP contribution in [0.2, 0.25) is 10.0 Å². The van der Waals surface area contributed by atoms with Crippen molar-refractivity contribution >= 4 is 74.6 Å². The lowest BCUT2D eigenvalue weighted by Gasteiger charge is -2.14. The molecule has 0 aliphatic rings. The first kappa shape index (κ1) is 27.6. The van der Waals surface area contributed by atoms with Crippen molar-refractivity contribution in [3.05, 3.63) is 97.8 Å². The van der Waals surface area contributed by atoms with Crippen LogP contribution in [-0.4, -0.2) is 27.0 Å². The average molecular weight is 588 g/mol. The fourth-order valence-electron chi connectivity index (χ4n) is 3.40. The lowest BCUT2D eigenvalue weighted by atomic mass is 10.2. The van der Waals surface area contributed by atoms with E-state index in [0.29, 0.717) is 33.0 Å². The Labute approximate surface area is 236 Å². The second-order valence-corrected chi connectivity index (χ2v) is 10.9. The maximum atomic E-state index is 13.0. The van der Waals surface area contributed by atoms with Crippen LogP contribution in [0.25, 0.3) is 11.3 Å². The highest BCUT2D eigenvalue weighted by atomic mass is 35.5. The molecule has 0 radical (unpaired) electrons. The molecule has 0 saturated heterocycles. The van der Waals surface area contributed by atoms with Gasteiger partial charge in [0.25, 0.3) is 11.6 Å². The maximum absolute atomic E-state index is 13.0. The highest BCUT2D eigenvalue weighted by Crippen LogP contribution is 2.32. The van der Waals surface area contributed by atoms with Gasteiger partial charge in [0.05, 0.1) is 25.9 Å². The zero-order valence-corrected chi connectivity index (χ0v) is 23.0. The van der Waals surface area contributed by atoms with E-state index in [1.54, 1.807) is 30.3 Å². The molecular formula is C26H20Cl2N4O4S2. The van der Waals surface area contributed by atoms with Crippen LogP contribution in [0.3, 0.4) is 0 Å². The number of carbonyl (C=O) groups excluding carboxylic acids is 2. The molecule has 38 heavy (non-hydrogen) atoms. The summed E-state index contributed by atoms with van der Waals surface area (Å²) >= 11 is 14.8. The van der Waals surface area contributed by atoms with Crippen LogP contribution in [0, 0.1) is 10.1 Å². The van der Waals surface area contributed by atoms with E-state index in [4.69, 9.17) is 23.2 Å². The number of thioether (sulfide) groups is 1. The number of rotatable bonds is 9. The van der Waals surface area contributed by atoms with Gasteiger partial charge in [-0.3, -0.25) is 19.7 Å². The van der Waals surface area contributed by atoms with Crippen molar-refractivity contribution in [2.45, 2.75) is 23.5 Å². The van der Waals surface area contributed by atoms with Crippen molar-refractivity contribution in [2.75, 3.05) is 10.6 Å². The highest BCUT2D eigenvalue weighted by Gasteiger charge is 2.20. The Hall–Kier alpha value is -3.44. The standard InChI is InChI=1S/C26H20Cl2N4O4S2/c1-2-23(25(34)31-26-30-22(14-37-26)15-9-10-20(27)21(28)12-15)38-19-8-4-6-17(13-19)29-24(33)16-5-3-7-18(11-16)32(35)36/h3-14,23H,2H2,1H3,(H,29,33)(H,30,31,34). The van der Waals surface area contributed by atoms with Gasteiger partial charge < -0.3 is 10.6 Å². The molecule has 2 N–H and O–H groups in total. The summed E-state index contributed by atoms with van der Waals surface area (Å²) in [6.07, 6.45) is 0.561. The summed E-state index contributed by atoms with van der Waals surface area (Å²) in [5.74, 6) is -0.666. The summed E-state index contributed by atoms with van der Waals surface area (Å²) in [6, 6.07) is 17.8. The molecule has 0 spiro atoms. The number of nitrogens with zero attached hydrogens (tertiary/aromatic N) is 2. The van der Waals surface area contributed by atoms with E-state index in [1.807, 2.05) is 24.4 Å². The zero-order valence-electron chi connectivity index (χ0n) is 19.8. The van der Waals surface area contributed by atoms with Crippen molar-refractivity contribution in [1.29, 1.82) is 0 Å². The first-order valence-electron chi connectivity index (χ1n) is 11.3. The predicted molar refractivity (Wildman–Crippen MR) is 154 cm³/mol. The van der Waals surface area contributed by atoms with Crippen LogP contribution >= 0.6 is 46.3 Å². The number of halogens is 2. The second-order valence-electron chi connectivity index (χ2n) is 7.96. The molecule has 12 heteroatoms. The van der Waals surface area contributed by atoms with E-state index in [2.05, 4.69) is 15.6 Å². The lowest BCUT2D eigenvalue weighted by molar-refractivity contribution is -0.384. The normalized spacial score (nSPS) is 11.6. The third kappa shape index (κ3) is 6.90. The summed E-state index contributed by atoms with van der Waals surface area (Å²) in [7, 11) is 0. The van der Waals surface area contributed by atoms with E-state index in [0.717, 1.165) is 10.5 Å². The van der Waals surface area contributed by atoms with Crippen LogP contribution in [0.1, 0.15) is 23.7 Å². The van der Waals surface area contributed by atoms with Gasteiger partial charge in [0.2, 0.25) is 5.91 Å². The molecule has 194 valence electrons. The summed E-state index contributed by atoms with van der Waals surface area (Å²) < 4.78 is 0. The van der Waals surface area contributed by atoms with E-state index in [9.17, 15) is 19.7 Å². The molecule has 8 nitrogen and oxygen atoms in total. The number of benzene rings is 3. The molecule has 1 aromatic heterocycles. The van der Waals surface area contributed by atoms with Gasteiger partial charge in [-0.05, 0) is 42.8 Å². The lowest BCUT2D eigenvalue weighted by Crippen LogP contribution is -2.24. The van der Waals surface area contributed by atoms with Crippen LogP contribution < -0.4 is 10.6 Å². The second kappa shape index (κ2) is 12.4. The Kier molecular flexibility index (Phi) is 9.01. The summed E-state index contributed by atoms with van der Waals surface area (Å²) in [6.45, 7) is 1.91. The molecule has 2 amide bonds. The number of hydrogen-bond acceptors (Lipinski definition) is 7. The summed E-state index contributed by atoms with van der Waals surface area (Å²) in [4.78, 5) is 41.3. The number of non-ortho nitro benzene ring substituents is 1. The van der Waals surface area contributed by atoms with Gasteiger partial charge in [0.15, 0.2) is 5.13 Å². The monoisotopic (exact) mass is 586 g/mol. The Morgan fingerprint density at radius 3 is 2.58 bits per heavy atom. The summed E-state index contributed by atoms with van der Waals surface area (Å²) in [5.41, 5.74) is 1.99. The van der Waals surface area contributed by atoms with Crippen LogP contribution in [0.5, 0.6) is 0 Å². The van der Waals surface area contributed by atoms with Gasteiger partial charge in [0.1, 0.15) is 0 Å². The number of aromatic nitrogens is 1. The van der Waals surface area contributed by atoms with E-state index < -0.39 is 16.1 Å². The van der Waals surface area contributed by atoms with Gasteiger partial charge in [0, 0.05) is 39.2 Å². The molecule has 0 bridgehead atoms. The van der Waals surface area contributed by atoms with Crippen molar-refractivity contribution in [3.63, 3.8) is 0 Å². The largest absolute Gasteiger partial charge is 0.322 e. The van der Waals surface area contributed by atoms with E-state index >= 15 is 0 Å². The van der Waals surface area contributed by atoms with Crippen molar-refractivity contribution in [2.24, 2.45) is 0 Å². The van der Waals surface area contributed by atoms with Gasteiger partial charge in [-0.2, -0.15) is 0 Å². The molecular weight excluding hydrogens is 567 g/mol. The quantitative estimate of drug-likeness (QED) is 0.117. The molecule has 0 aliphatic heterocycles. The number of nitrogens with one attached hydrogen (secondary N) is 2. The molecule has 3 aromatic carbocycles. The Morgan fingerprint density at radius 2 is 1.84 bits per heavy atom. The minimum absolute atomic E-state index is 0.164. The van der Waals surface area contributed by atoms with E-state index in [1.165, 1.54) is 47.4 Å². The number of carbonyl (C=O) groups is 2. The van der Waals surface area contributed by atoms with E-state index in [-0.39, 0.29) is 17.2 Å². The SMILES string of the molecule is CCC(Sc1cccc(NC(=O)c2cccc([N+](=O)[O-])c2)c1)C(=O)Nc1nc(-c2ccc(Cl)c(Cl)c2)cs1. The minimum atomic E-state index is -0.552. The number of amides is 2. The minimum Gasteiger partial charge on any atom is -0.322 e. The van der Waals surface area contributed by atoms with Crippen LogP contribution in [0.4, 0.5) is 16.5 Å². The first-order valence-corrected chi connectivity index (χ1v) is 13.8. The molecule has 4 rings (SSSR count). The number of nitro groups is 1. The Balaban J connectivity index is 1.40. The van der Waals surface area contributed by atoms with Crippen molar-refractivity contribution < 1.29 is 14.5 Å². The van der Waals surface area contributed by atoms with Crippen molar-refractivity contribution in [1.82, 2.24) is 4.98 Å². The molecule has 4 aromatic rings. The maximum Gasteiger partial charge on any atom is 0.270 e. The van der Waals surface area contributed by atoms with Gasteiger partial charge in [-0.1, -0.05) is 48.3 Å². The fourth-order valence-corrected chi connectivity index (χ4v) is 5.44. The smallest absolute Gasteiger partial charge is 0.270 e. The van der Waals surface area contributed by atoms with Crippen molar-refractivity contribution in [3.8, 4) is 11.3 Å². The third-order valence-electron chi connectivity index (χ3n) is 5.30. The zero-order chi connectivity index (χ0) is 27.2. The fraction of sp³-hybridized carbons (Fsp3) is 0.115. The van der Waals surface area contributed by atoms with Gasteiger partial charge in [-0.15, -0.1) is 23.1 Å². The number of hydrogen-bond donors (Lipinski definition) is 2. The molecule has 0 saturated carbocycles. The number of thiazole rings is 1. The van der Waals surface area contributed by atoms with Crippen LogP contribution in [-0.2, 0) is 4.79 Å². The topological polar surface area (TPSA) is 114 Å². The first-order chi connectivity index (χ1) is 18.2. The average Bonchev–Trinajstić information content (AvgIpc) is 3.37. The molecule has 0 aliphatic carbocycles. The van der Waals surface area contributed by atoms with Crippen LogP contribution in [0.15, 0.2) is 77.0 Å². The molecule has 1 unspecified atom stereocenters. The number of anilines is 2. The number of nitro benzene ring substituents is 1. The van der Waals surface area contributed by atoms with Gasteiger partial charge >= 0.3 is 0 Å². The third-order valence-corrected chi connectivity index (χ3v) is 8.16.